The van der Waals surface area contributed by atoms with Crippen LogP contribution < -0.4 is 5.32 Å². The maximum atomic E-state index is 12.2. The van der Waals surface area contributed by atoms with Gasteiger partial charge in [-0.25, -0.2) is 4.98 Å². The number of carbonyl (C=O) groups is 1. The van der Waals surface area contributed by atoms with Crippen LogP contribution >= 0.6 is 46.3 Å². The van der Waals surface area contributed by atoms with Crippen molar-refractivity contribution in [3.63, 3.8) is 0 Å². The van der Waals surface area contributed by atoms with E-state index in [0.717, 1.165) is 10.5 Å². The molecule has 3 aromatic rings. The van der Waals surface area contributed by atoms with Crippen molar-refractivity contribution in [1.82, 2.24) is 4.98 Å². The molecule has 1 amide bonds. The van der Waals surface area contributed by atoms with Gasteiger partial charge in [0.05, 0.1) is 5.02 Å². The van der Waals surface area contributed by atoms with Gasteiger partial charge in [0.1, 0.15) is 0 Å². The summed E-state index contributed by atoms with van der Waals surface area (Å²) in [5.74, 6) is 0.524. The summed E-state index contributed by atoms with van der Waals surface area (Å²) in [6.45, 7) is 0. The van der Waals surface area contributed by atoms with Gasteiger partial charge >= 0.3 is 0 Å². The Hall–Kier alpha value is -1.53. The van der Waals surface area contributed by atoms with Gasteiger partial charge in [0.2, 0.25) is 0 Å². The zero-order chi connectivity index (χ0) is 16.9. The maximum Gasteiger partial charge on any atom is 0.257 e. The van der Waals surface area contributed by atoms with Gasteiger partial charge < -0.3 is 0 Å². The third kappa shape index (κ3) is 4.51. The summed E-state index contributed by atoms with van der Waals surface area (Å²) in [6, 6.07) is 12.9. The highest BCUT2D eigenvalue weighted by molar-refractivity contribution is 7.98. The number of amides is 1. The van der Waals surface area contributed by atoms with E-state index in [1.807, 2.05) is 29.6 Å². The summed E-state index contributed by atoms with van der Waals surface area (Å²) in [6.07, 6.45) is 1.65. The van der Waals surface area contributed by atoms with E-state index in [2.05, 4.69) is 10.3 Å². The van der Waals surface area contributed by atoms with Crippen LogP contribution in [-0.4, -0.2) is 10.9 Å². The second-order valence-electron chi connectivity index (χ2n) is 4.86. The standard InChI is InChI=1S/C17H12Cl2N2OS2/c18-13-4-5-14(19)15(9-13)24-10-11-2-1-3-12(8-11)16(22)21-17-20-6-7-23-17/h1-9H,10H2,(H,20,21,22). The molecule has 122 valence electrons. The lowest BCUT2D eigenvalue weighted by Gasteiger charge is -2.07. The number of hydrogen-bond acceptors (Lipinski definition) is 4. The topological polar surface area (TPSA) is 42.0 Å². The van der Waals surface area contributed by atoms with Crippen molar-refractivity contribution in [2.24, 2.45) is 0 Å². The SMILES string of the molecule is O=C(Nc1nccs1)c1cccc(CSc2cc(Cl)ccc2Cl)c1. The molecule has 3 rings (SSSR count). The van der Waals surface area contributed by atoms with Gasteiger partial charge in [-0.1, -0.05) is 35.3 Å². The number of hydrogen-bond donors (Lipinski definition) is 1. The second-order valence-corrected chi connectivity index (χ2v) is 7.61. The van der Waals surface area contributed by atoms with E-state index >= 15 is 0 Å². The molecule has 0 aliphatic rings. The zero-order valence-electron chi connectivity index (χ0n) is 12.3. The Morgan fingerprint density at radius 2 is 2.08 bits per heavy atom. The minimum Gasteiger partial charge on any atom is -0.298 e. The van der Waals surface area contributed by atoms with Crippen molar-refractivity contribution in [3.05, 3.63) is 75.2 Å². The Balaban J connectivity index is 1.69. The Bertz CT molecular complexity index is 854. The number of thioether (sulfide) groups is 1. The predicted molar refractivity (Wildman–Crippen MR) is 103 cm³/mol. The summed E-state index contributed by atoms with van der Waals surface area (Å²) < 4.78 is 0. The molecule has 0 saturated heterocycles. The van der Waals surface area contributed by atoms with Gasteiger partial charge in [0.25, 0.3) is 5.91 Å². The summed E-state index contributed by atoms with van der Waals surface area (Å²) in [7, 11) is 0. The van der Waals surface area contributed by atoms with E-state index in [4.69, 9.17) is 23.2 Å². The molecule has 0 radical (unpaired) electrons. The number of benzene rings is 2. The third-order valence-corrected chi connectivity index (χ3v) is 5.62. The van der Waals surface area contributed by atoms with Crippen LogP contribution in [0, 0.1) is 0 Å². The number of nitrogens with zero attached hydrogens (tertiary/aromatic N) is 1. The molecule has 0 atom stereocenters. The fourth-order valence-electron chi connectivity index (χ4n) is 2.01. The molecule has 0 fully saturated rings. The fourth-order valence-corrected chi connectivity index (χ4v) is 3.97. The number of thiazole rings is 1. The fraction of sp³-hybridized carbons (Fsp3) is 0.0588. The lowest BCUT2D eigenvalue weighted by Crippen LogP contribution is -2.11. The largest absolute Gasteiger partial charge is 0.298 e. The third-order valence-electron chi connectivity index (χ3n) is 3.13. The molecule has 7 heteroatoms. The van der Waals surface area contributed by atoms with E-state index in [9.17, 15) is 4.79 Å². The number of carbonyl (C=O) groups excluding carboxylic acids is 1. The van der Waals surface area contributed by atoms with E-state index in [-0.39, 0.29) is 5.91 Å². The van der Waals surface area contributed by atoms with Crippen LogP contribution in [0.3, 0.4) is 0 Å². The van der Waals surface area contributed by atoms with Crippen molar-refractivity contribution in [1.29, 1.82) is 0 Å². The molecule has 0 aliphatic carbocycles. The monoisotopic (exact) mass is 394 g/mol. The molecular weight excluding hydrogens is 383 g/mol. The molecule has 0 unspecified atom stereocenters. The van der Waals surface area contributed by atoms with Crippen molar-refractivity contribution in [3.8, 4) is 0 Å². The van der Waals surface area contributed by atoms with Gasteiger partial charge in [-0.3, -0.25) is 10.1 Å². The van der Waals surface area contributed by atoms with Crippen LogP contribution in [0.5, 0.6) is 0 Å². The quantitative estimate of drug-likeness (QED) is 0.539. The average Bonchev–Trinajstić information content (AvgIpc) is 3.09. The number of rotatable bonds is 5. The molecule has 0 bridgehead atoms. The van der Waals surface area contributed by atoms with Crippen LogP contribution in [-0.2, 0) is 5.75 Å². The number of nitrogens with one attached hydrogen (secondary N) is 1. The summed E-state index contributed by atoms with van der Waals surface area (Å²) in [4.78, 5) is 17.2. The second kappa shape index (κ2) is 8.03. The van der Waals surface area contributed by atoms with Crippen LogP contribution in [0.1, 0.15) is 15.9 Å². The predicted octanol–water partition coefficient (Wildman–Crippen LogP) is 5.99. The molecule has 0 spiro atoms. The maximum absolute atomic E-state index is 12.2. The molecule has 0 aliphatic heterocycles. The molecule has 3 nitrogen and oxygen atoms in total. The Morgan fingerprint density at radius 1 is 1.21 bits per heavy atom. The molecule has 1 N–H and O–H groups in total. The smallest absolute Gasteiger partial charge is 0.257 e. The van der Waals surface area contributed by atoms with Gasteiger partial charge in [0.15, 0.2) is 5.13 Å². The van der Waals surface area contributed by atoms with Crippen molar-refractivity contribution < 1.29 is 4.79 Å². The van der Waals surface area contributed by atoms with E-state index in [0.29, 0.717) is 26.5 Å². The Labute approximate surface area is 158 Å². The van der Waals surface area contributed by atoms with Crippen molar-refractivity contribution >= 4 is 57.3 Å². The normalized spacial score (nSPS) is 10.6. The summed E-state index contributed by atoms with van der Waals surface area (Å²) >= 11 is 15.1. The first-order valence-electron chi connectivity index (χ1n) is 6.99. The van der Waals surface area contributed by atoms with Crippen LogP contribution in [0.15, 0.2) is 58.9 Å². The highest BCUT2D eigenvalue weighted by Crippen LogP contribution is 2.32. The van der Waals surface area contributed by atoms with Crippen LogP contribution in [0.4, 0.5) is 5.13 Å². The Kier molecular flexibility index (Phi) is 5.79. The van der Waals surface area contributed by atoms with Crippen LogP contribution in [0.25, 0.3) is 0 Å². The van der Waals surface area contributed by atoms with Crippen molar-refractivity contribution in [2.45, 2.75) is 10.6 Å². The van der Waals surface area contributed by atoms with E-state index in [1.165, 1.54) is 11.3 Å². The summed E-state index contributed by atoms with van der Waals surface area (Å²) in [5, 5.41) is 6.50. The zero-order valence-corrected chi connectivity index (χ0v) is 15.5. The molecule has 0 saturated carbocycles. The Morgan fingerprint density at radius 3 is 2.88 bits per heavy atom. The van der Waals surface area contributed by atoms with Gasteiger partial charge in [-0.15, -0.1) is 23.1 Å². The molecule has 2 aromatic carbocycles. The number of anilines is 1. The van der Waals surface area contributed by atoms with E-state index in [1.54, 1.807) is 36.2 Å². The first-order chi connectivity index (χ1) is 11.6. The first-order valence-corrected chi connectivity index (χ1v) is 9.61. The highest BCUT2D eigenvalue weighted by Gasteiger charge is 2.09. The molecular formula is C17H12Cl2N2OS2. The van der Waals surface area contributed by atoms with Gasteiger partial charge in [-0.2, -0.15) is 0 Å². The average molecular weight is 395 g/mol. The minimum absolute atomic E-state index is 0.169. The number of aromatic nitrogens is 1. The lowest BCUT2D eigenvalue weighted by molar-refractivity contribution is 0.102. The van der Waals surface area contributed by atoms with Crippen molar-refractivity contribution in [2.75, 3.05) is 5.32 Å². The summed E-state index contributed by atoms with van der Waals surface area (Å²) in [5.41, 5.74) is 1.63. The van der Waals surface area contributed by atoms with Gasteiger partial charge in [-0.05, 0) is 35.9 Å². The van der Waals surface area contributed by atoms with Gasteiger partial charge in [0, 0.05) is 32.8 Å². The number of halogens is 2. The molecule has 24 heavy (non-hydrogen) atoms. The minimum atomic E-state index is -0.169. The molecule has 1 aromatic heterocycles. The lowest BCUT2D eigenvalue weighted by atomic mass is 10.1. The first kappa shape index (κ1) is 17.3. The van der Waals surface area contributed by atoms with E-state index < -0.39 is 0 Å². The highest BCUT2D eigenvalue weighted by atomic mass is 35.5. The molecule has 1 heterocycles. The van der Waals surface area contributed by atoms with Crippen LogP contribution in [0.2, 0.25) is 10.0 Å².